The Morgan fingerprint density at radius 1 is 1.10 bits per heavy atom. The molecule has 0 spiro atoms. The molecule has 0 rings (SSSR count). The summed E-state index contributed by atoms with van der Waals surface area (Å²) in [5.41, 5.74) is 0. The second-order valence-corrected chi connectivity index (χ2v) is 2.34. The van der Waals surface area contributed by atoms with Crippen LogP contribution in [0.4, 0.5) is 0 Å². The van der Waals surface area contributed by atoms with E-state index in [2.05, 4.69) is 13.8 Å². The van der Waals surface area contributed by atoms with Gasteiger partial charge in [0.15, 0.2) is 0 Å². The summed E-state index contributed by atoms with van der Waals surface area (Å²) in [6.45, 7) is 4.36. The Morgan fingerprint density at radius 2 is 1.20 bits per heavy atom. The van der Waals surface area contributed by atoms with Crippen LogP contribution >= 0.6 is 0 Å². The van der Waals surface area contributed by atoms with Crippen molar-refractivity contribution in [3.63, 3.8) is 0 Å². The van der Waals surface area contributed by atoms with Gasteiger partial charge in [0, 0.05) is 0 Å². The first-order valence-electron chi connectivity index (χ1n) is 2.61. The first kappa shape index (κ1) is 16.4. The van der Waals surface area contributed by atoms with E-state index in [9.17, 15) is 0 Å². The maximum Gasteiger partial charge on any atom is 0.394 e. The second kappa shape index (κ2) is 8.83. The lowest BCUT2D eigenvalue weighted by molar-refractivity contribution is 0.381. The van der Waals surface area contributed by atoms with Gasteiger partial charge in [0.05, 0.1) is 0 Å². The molecule has 66 valence electrons. The molecular weight excluding hydrogens is 158 g/mol. The Balaban J connectivity index is -0.0000000910. The Labute approximate surface area is 61.6 Å². The van der Waals surface area contributed by atoms with E-state index in [4.69, 9.17) is 17.5 Å². The van der Waals surface area contributed by atoms with Gasteiger partial charge in [0.1, 0.15) is 0 Å². The predicted octanol–water partition coefficient (Wildman–Crippen LogP) is 1.32. The molecule has 0 bridgehead atoms. The Morgan fingerprint density at radius 3 is 1.20 bits per heavy atom. The van der Waals surface area contributed by atoms with Crippen molar-refractivity contribution in [2.75, 3.05) is 0 Å². The van der Waals surface area contributed by atoms with Crippen LogP contribution < -0.4 is 6.15 Å². The number of rotatable bonds is 1. The van der Waals surface area contributed by atoms with Gasteiger partial charge in [-0.1, -0.05) is 26.7 Å². The van der Waals surface area contributed by atoms with E-state index in [1.54, 1.807) is 0 Å². The van der Waals surface area contributed by atoms with Gasteiger partial charge in [0.25, 0.3) is 0 Å². The van der Waals surface area contributed by atoms with Crippen molar-refractivity contribution in [2.24, 2.45) is 0 Å². The van der Waals surface area contributed by atoms with Gasteiger partial charge in [-0.05, 0) is 0 Å². The normalized spacial score (nSPS) is 8.80. The zero-order chi connectivity index (χ0) is 7.91. The highest BCUT2D eigenvalue weighted by atomic mass is 32.3. The van der Waals surface area contributed by atoms with Crippen molar-refractivity contribution in [3.8, 4) is 0 Å². The van der Waals surface area contributed by atoms with E-state index < -0.39 is 10.4 Å². The van der Waals surface area contributed by atoms with Crippen LogP contribution in [0, 0.1) is 0 Å². The topological polar surface area (TPSA) is 110 Å². The van der Waals surface area contributed by atoms with E-state index in [0.717, 1.165) is 0 Å². The molecule has 0 aromatic carbocycles. The summed E-state index contributed by atoms with van der Waals surface area (Å²) in [5.74, 6) is 0. The van der Waals surface area contributed by atoms with Gasteiger partial charge < -0.3 is 6.15 Å². The molecule has 10 heavy (non-hydrogen) atoms. The highest BCUT2D eigenvalue weighted by molar-refractivity contribution is 7.79. The lowest BCUT2D eigenvalue weighted by Gasteiger charge is -1.68. The van der Waals surface area contributed by atoms with Crippen molar-refractivity contribution in [3.05, 3.63) is 0 Å². The quantitative estimate of drug-likeness (QED) is 0.518. The average molecular weight is 173 g/mol. The van der Waals surface area contributed by atoms with Crippen molar-refractivity contribution >= 4 is 10.4 Å². The van der Waals surface area contributed by atoms with E-state index in [-0.39, 0.29) is 6.15 Å². The molecule has 5 nitrogen and oxygen atoms in total. The molecule has 0 amide bonds. The summed E-state index contributed by atoms with van der Waals surface area (Å²) in [4.78, 5) is 0. The third kappa shape index (κ3) is 530. The van der Waals surface area contributed by atoms with Crippen molar-refractivity contribution < 1.29 is 17.5 Å². The molecule has 0 saturated carbocycles. The lowest BCUT2D eigenvalue weighted by Crippen LogP contribution is -1.89. The number of hydrogen-bond donors (Lipinski definition) is 3. The molecule has 0 aromatic heterocycles. The smallest absolute Gasteiger partial charge is 0.344 e. The summed E-state index contributed by atoms with van der Waals surface area (Å²) in [7, 11) is -4.67. The molecule has 0 aliphatic carbocycles. The third-order valence-electron chi connectivity index (χ3n) is 0.500. The first-order chi connectivity index (χ1) is 3.91. The highest BCUT2D eigenvalue weighted by Crippen LogP contribution is 1.76. The van der Waals surface area contributed by atoms with Crippen LogP contribution in [0.15, 0.2) is 0 Å². The molecule has 0 atom stereocenters. The lowest BCUT2D eigenvalue weighted by atomic mass is 10.4. The van der Waals surface area contributed by atoms with Crippen LogP contribution in [0.25, 0.3) is 0 Å². The molecule has 0 aliphatic heterocycles. The molecule has 0 aromatic rings. The van der Waals surface area contributed by atoms with E-state index in [0.29, 0.717) is 0 Å². The van der Waals surface area contributed by atoms with Gasteiger partial charge >= 0.3 is 10.4 Å². The zero-order valence-corrected chi connectivity index (χ0v) is 7.06. The molecule has 0 fully saturated rings. The molecule has 6 heteroatoms. The van der Waals surface area contributed by atoms with Gasteiger partial charge in [-0.3, -0.25) is 9.11 Å². The van der Waals surface area contributed by atoms with Crippen LogP contribution in [-0.4, -0.2) is 17.5 Å². The van der Waals surface area contributed by atoms with E-state index in [1.807, 2.05) is 0 Å². The minimum absolute atomic E-state index is 0. The van der Waals surface area contributed by atoms with Gasteiger partial charge in [-0.2, -0.15) is 8.42 Å². The summed E-state index contributed by atoms with van der Waals surface area (Å²) in [6, 6.07) is 0. The van der Waals surface area contributed by atoms with Crippen LogP contribution in [0.2, 0.25) is 0 Å². The molecule has 0 unspecified atom stereocenters. The standard InChI is InChI=1S/C4H10.H3N.H2O4S/c1-3-4-2;;1-5(2,3)4/h3-4H2,1-2H3;1H3;(H2,1,2,3,4). The Hall–Kier alpha value is -0.170. The minimum atomic E-state index is -4.67. The second-order valence-electron chi connectivity index (χ2n) is 1.45. The maximum atomic E-state index is 8.74. The average Bonchev–Trinajstić information content (AvgIpc) is 1.61. The highest BCUT2D eigenvalue weighted by Gasteiger charge is 1.84. The van der Waals surface area contributed by atoms with E-state index in [1.165, 1.54) is 12.8 Å². The Bertz CT molecular complexity index is 120. The molecule has 0 radical (unpaired) electrons. The summed E-state index contributed by atoms with van der Waals surface area (Å²) in [5, 5.41) is 0. The number of unbranched alkanes of at least 4 members (excludes halogenated alkanes) is 1. The van der Waals surface area contributed by atoms with Crippen molar-refractivity contribution in [1.82, 2.24) is 6.15 Å². The van der Waals surface area contributed by atoms with Crippen LogP contribution in [0.3, 0.4) is 0 Å². The molecular formula is C4H15NO4S. The molecule has 0 aliphatic rings. The van der Waals surface area contributed by atoms with Gasteiger partial charge in [-0.15, -0.1) is 0 Å². The van der Waals surface area contributed by atoms with E-state index >= 15 is 0 Å². The fourth-order valence-corrected chi connectivity index (χ4v) is 0. The van der Waals surface area contributed by atoms with Crippen molar-refractivity contribution in [2.45, 2.75) is 26.7 Å². The fourth-order valence-electron chi connectivity index (χ4n) is 0. The summed E-state index contributed by atoms with van der Waals surface area (Å²) >= 11 is 0. The van der Waals surface area contributed by atoms with Crippen LogP contribution in [-0.2, 0) is 10.4 Å². The third-order valence-corrected chi connectivity index (χ3v) is 0.500. The summed E-state index contributed by atoms with van der Waals surface area (Å²) < 4.78 is 31.6. The largest absolute Gasteiger partial charge is 0.394 e. The maximum absolute atomic E-state index is 8.74. The van der Waals surface area contributed by atoms with Crippen LogP contribution in [0.1, 0.15) is 26.7 Å². The summed E-state index contributed by atoms with van der Waals surface area (Å²) in [6.07, 6.45) is 2.64. The minimum Gasteiger partial charge on any atom is -0.344 e. The predicted molar refractivity (Wildman–Crippen MR) is 39.8 cm³/mol. The first-order valence-corrected chi connectivity index (χ1v) is 4.01. The SMILES string of the molecule is CCCC.N.O=S(=O)(O)O. The zero-order valence-electron chi connectivity index (χ0n) is 6.24. The van der Waals surface area contributed by atoms with Crippen molar-refractivity contribution in [1.29, 1.82) is 0 Å². The molecule has 0 saturated heterocycles. The molecule has 0 heterocycles. The van der Waals surface area contributed by atoms with Crippen LogP contribution in [0.5, 0.6) is 0 Å². The number of hydrogen-bond acceptors (Lipinski definition) is 3. The fraction of sp³-hybridized carbons (Fsp3) is 1.00. The molecule has 5 N–H and O–H groups in total. The van der Waals surface area contributed by atoms with Gasteiger partial charge in [0.2, 0.25) is 0 Å². The monoisotopic (exact) mass is 173 g/mol. The Kier molecular flexibility index (Phi) is 14.5. The van der Waals surface area contributed by atoms with Gasteiger partial charge in [-0.25, -0.2) is 0 Å².